The minimum atomic E-state index is -0.364. The number of imide groups is 1. The van der Waals surface area contributed by atoms with Gasteiger partial charge in [-0.2, -0.15) is 0 Å². The summed E-state index contributed by atoms with van der Waals surface area (Å²) in [5.41, 5.74) is 3.01. The van der Waals surface area contributed by atoms with E-state index in [9.17, 15) is 14.4 Å². The lowest BCUT2D eigenvalue weighted by atomic mass is 9.92. The predicted octanol–water partition coefficient (Wildman–Crippen LogP) is 3.78. The van der Waals surface area contributed by atoms with Crippen LogP contribution in [0, 0.1) is 0 Å². The summed E-state index contributed by atoms with van der Waals surface area (Å²) in [6.45, 7) is 0.710. The molecule has 5 rings (SSSR count). The van der Waals surface area contributed by atoms with Crippen LogP contribution in [0.4, 0.5) is 0 Å². The van der Waals surface area contributed by atoms with Crippen LogP contribution in [0.5, 0.6) is 0 Å². The molecule has 0 N–H and O–H groups in total. The van der Waals surface area contributed by atoms with E-state index in [1.54, 1.807) is 29.2 Å². The molecule has 0 saturated heterocycles. The van der Waals surface area contributed by atoms with Crippen molar-refractivity contribution in [3.8, 4) is 0 Å². The summed E-state index contributed by atoms with van der Waals surface area (Å²) in [7, 11) is 0. The van der Waals surface area contributed by atoms with Crippen LogP contribution in [0.25, 0.3) is 0 Å². The third-order valence-electron chi connectivity index (χ3n) is 5.64. The van der Waals surface area contributed by atoms with Crippen molar-refractivity contribution in [2.75, 3.05) is 13.1 Å². The molecule has 0 radical (unpaired) electrons. The van der Waals surface area contributed by atoms with E-state index in [2.05, 4.69) is 6.07 Å². The van der Waals surface area contributed by atoms with Crippen molar-refractivity contribution in [1.82, 2.24) is 9.80 Å². The lowest BCUT2D eigenvalue weighted by molar-refractivity contribution is 0.0505. The lowest BCUT2D eigenvalue weighted by Gasteiger charge is -2.38. The number of hydrogen-bond acceptors (Lipinski definition) is 4. The third kappa shape index (κ3) is 2.87. The summed E-state index contributed by atoms with van der Waals surface area (Å²) in [5, 5.41) is 1.88. The standard InChI is InChI=1S/C23H18N2O3S/c26-21-17-8-3-4-9-18(17)22(27)25(21)14-19-16-7-2-1-6-15(16)11-12-24(19)23(28)20-10-5-13-29-20/h1-10,13,19H,11-12,14H2/t19-/m1/s1. The van der Waals surface area contributed by atoms with Crippen LogP contribution < -0.4 is 0 Å². The molecule has 0 saturated carbocycles. The zero-order valence-corrected chi connectivity index (χ0v) is 16.4. The fraction of sp³-hybridized carbons (Fsp3) is 0.174. The Morgan fingerprint density at radius 1 is 0.931 bits per heavy atom. The van der Waals surface area contributed by atoms with Crippen molar-refractivity contribution in [2.45, 2.75) is 12.5 Å². The molecular formula is C23H18N2O3S. The van der Waals surface area contributed by atoms with E-state index >= 15 is 0 Å². The maximum absolute atomic E-state index is 13.2. The van der Waals surface area contributed by atoms with E-state index in [0.29, 0.717) is 22.5 Å². The zero-order valence-electron chi connectivity index (χ0n) is 15.6. The van der Waals surface area contributed by atoms with E-state index in [4.69, 9.17) is 0 Å². The monoisotopic (exact) mass is 402 g/mol. The summed E-state index contributed by atoms with van der Waals surface area (Å²) in [5.74, 6) is -0.648. The molecule has 6 heteroatoms. The molecule has 29 heavy (non-hydrogen) atoms. The van der Waals surface area contributed by atoms with Gasteiger partial charge in [-0.1, -0.05) is 42.5 Å². The summed E-state index contributed by atoms with van der Waals surface area (Å²) >= 11 is 1.40. The molecular weight excluding hydrogens is 384 g/mol. The summed E-state index contributed by atoms with van der Waals surface area (Å²) in [4.78, 5) is 42.7. The Balaban J connectivity index is 1.52. The molecule has 0 bridgehead atoms. The van der Waals surface area contributed by atoms with Crippen LogP contribution in [0.3, 0.4) is 0 Å². The fourth-order valence-electron chi connectivity index (χ4n) is 4.21. The average molecular weight is 402 g/mol. The van der Waals surface area contributed by atoms with Gasteiger partial charge in [-0.25, -0.2) is 0 Å². The van der Waals surface area contributed by atoms with Gasteiger partial charge in [0.25, 0.3) is 17.7 Å². The molecule has 0 aliphatic carbocycles. The topological polar surface area (TPSA) is 57.7 Å². The molecule has 0 fully saturated rings. The molecule has 5 nitrogen and oxygen atoms in total. The summed E-state index contributed by atoms with van der Waals surface area (Å²) in [6.07, 6.45) is 0.756. The molecule has 3 amide bonds. The quantitative estimate of drug-likeness (QED) is 0.627. The third-order valence-corrected chi connectivity index (χ3v) is 6.50. The van der Waals surface area contributed by atoms with E-state index < -0.39 is 0 Å². The Morgan fingerprint density at radius 3 is 2.31 bits per heavy atom. The highest BCUT2D eigenvalue weighted by Gasteiger charge is 2.40. The number of carbonyl (C=O) groups is 3. The van der Waals surface area contributed by atoms with Crippen molar-refractivity contribution in [3.05, 3.63) is 93.2 Å². The minimum Gasteiger partial charge on any atom is -0.329 e. The maximum Gasteiger partial charge on any atom is 0.264 e. The van der Waals surface area contributed by atoms with Gasteiger partial charge in [-0.05, 0) is 41.1 Å². The van der Waals surface area contributed by atoms with Crippen LogP contribution in [-0.4, -0.2) is 40.6 Å². The normalized spacial score (nSPS) is 18.0. The molecule has 2 aromatic carbocycles. The Kier molecular flexibility index (Phi) is 4.28. The Hall–Kier alpha value is -3.25. The zero-order chi connectivity index (χ0) is 20.0. The van der Waals surface area contributed by atoms with Gasteiger partial charge in [0.05, 0.1) is 28.6 Å². The first-order valence-electron chi connectivity index (χ1n) is 9.52. The van der Waals surface area contributed by atoms with Gasteiger partial charge in [0.15, 0.2) is 0 Å². The van der Waals surface area contributed by atoms with Crippen LogP contribution in [0.2, 0.25) is 0 Å². The van der Waals surface area contributed by atoms with Crippen molar-refractivity contribution in [2.24, 2.45) is 0 Å². The van der Waals surface area contributed by atoms with Crippen molar-refractivity contribution >= 4 is 29.1 Å². The van der Waals surface area contributed by atoms with Crippen molar-refractivity contribution in [3.63, 3.8) is 0 Å². The van der Waals surface area contributed by atoms with Crippen LogP contribution in [0.1, 0.15) is 47.6 Å². The van der Waals surface area contributed by atoms with Gasteiger partial charge in [-0.3, -0.25) is 19.3 Å². The predicted molar refractivity (Wildman–Crippen MR) is 110 cm³/mol. The Labute approximate surface area is 172 Å². The second-order valence-electron chi connectivity index (χ2n) is 7.21. The molecule has 1 aromatic heterocycles. The summed E-state index contributed by atoms with van der Waals surface area (Å²) < 4.78 is 0. The molecule has 2 aliphatic rings. The molecule has 144 valence electrons. The molecule has 1 atom stereocenters. The first-order chi connectivity index (χ1) is 14.1. The number of rotatable bonds is 3. The van der Waals surface area contributed by atoms with E-state index in [1.807, 2.05) is 35.7 Å². The summed E-state index contributed by atoms with van der Waals surface area (Å²) in [6, 6.07) is 18.1. The second kappa shape index (κ2) is 6.97. The van der Waals surface area contributed by atoms with E-state index in [0.717, 1.165) is 17.5 Å². The Morgan fingerprint density at radius 2 is 1.62 bits per heavy atom. The number of thiophene rings is 1. The number of fused-ring (bicyclic) bond motifs is 2. The fourth-order valence-corrected chi connectivity index (χ4v) is 4.89. The highest BCUT2D eigenvalue weighted by molar-refractivity contribution is 7.12. The van der Waals surface area contributed by atoms with Gasteiger partial charge >= 0.3 is 0 Å². The number of nitrogens with zero attached hydrogens (tertiary/aromatic N) is 2. The Bertz CT molecular complexity index is 1090. The minimum absolute atomic E-state index is 0.0592. The van der Waals surface area contributed by atoms with Crippen LogP contribution in [0.15, 0.2) is 66.0 Å². The molecule has 0 unspecified atom stereocenters. The van der Waals surface area contributed by atoms with Crippen molar-refractivity contribution < 1.29 is 14.4 Å². The van der Waals surface area contributed by atoms with E-state index in [1.165, 1.54) is 16.2 Å². The van der Waals surface area contributed by atoms with Gasteiger partial charge in [0.1, 0.15) is 0 Å². The largest absolute Gasteiger partial charge is 0.329 e. The molecule has 2 aliphatic heterocycles. The van der Waals surface area contributed by atoms with Crippen molar-refractivity contribution in [1.29, 1.82) is 0 Å². The molecule has 0 spiro atoms. The number of carbonyl (C=O) groups excluding carboxylic acids is 3. The van der Waals surface area contributed by atoms with Crippen LogP contribution >= 0.6 is 11.3 Å². The lowest BCUT2D eigenvalue weighted by Crippen LogP contribution is -2.46. The highest BCUT2D eigenvalue weighted by atomic mass is 32.1. The number of benzene rings is 2. The van der Waals surface area contributed by atoms with Crippen LogP contribution in [-0.2, 0) is 6.42 Å². The average Bonchev–Trinajstić information content (AvgIpc) is 3.37. The van der Waals surface area contributed by atoms with Gasteiger partial charge in [0.2, 0.25) is 0 Å². The molecule has 3 aromatic rings. The molecule has 3 heterocycles. The smallest absolute Gasteiger partial charge is 0.264 e. The highest BCUT2D eigenvalue weighted by Crippen LogP contribution is 2.34. The SMILES string of the molecule is O=C1c2ccccc2C(=O)N1C[C@@H]1c2ccccc2CCN1C(=O)c1cccs1. The van der Waals surface area contributed by atoms with E-state index in [-0.39, 0.29) is 30.3 Å². The maximum atomic E-state index is 13.2. The van der Waals surface area contributed by atoms with Gasteiger partial charge < -0.3 is 4.90 Å². The first-order valence-corrected chi connectivity index (χ1v) is 10.4. The van der Waals surface area contributed by atoms with Gasteiger partial charge in [-0.15, -0.1) is 11.3 Å². The first kappa shape index (κ1) is 17.8. The van der Waals surface area contributed by atoms with Gasteiger partial charge in [0, 0.05) is 6.54 Å². The number of hydrogen-bond donors (Lipinski definition) is 0. The second-order valence-corrected chi connectivity index (χ2v) is 8.15. The number of amides is 3.